The monoisotopic (exact) mass is 436 g/mol. The number of amides is 2. The third-order valence-corrected chi connectivity index (χ3v) is 4.66. The van der Waals surface area contributed by atoms with Crippen molar-refractivity contribution in [2.75, 3.05) is 19.0 Å². The molecule has 166 valence electrons. The Morgan fingerprint density at radius 3 is 2.22 bits per heavy atom. The van der Waals surface area contributed by atoms with Crippen LogP contribution in [-0.4, -0.2) is 37.4 Å². The third kappa shape index (κ3) is 5.29. The van der Waals surface area contributed by atoms with E-state index in [2.05, 4.69) is 15.8 Å². The number of anilines is 1. The van der Waals surface area contributed by atoms with Gasteiger partial charge in [-0.1, -0.05) is 48.5 Å². The minimum absolute atomic E-state index is 0.00306. The number of benzene rings is 2. The van der Waals surface area contributed by atoms with E-state index in [-0.39, 0.29) is 17.9 Å². The summed E-state index contributed by atoms with van der Waals surface area (Å²) in [7, 11) is 1.14. The van der Waals surface area contributed by atoms with E-state index in [1.165, 1.54) is 6.92 Å². The molecule has 0 aliphatic heterocycles. The fourth-order valence-corrected chi connectivity index (χ4v) is 3.19. The number of urea groups is 1. The summed E-state index contributed by atoms with van der Waals surface area (Å²) in [6.45, 7) is 3.00. The molecule has 2 aromatic rings. The van der Waals surface area contributed by atoms with Gasteiger partial charge in [0.2, 0.25) is 0 Å². The highest BCUT2D eigenvalue weighted by Crippen LogP contribution is 2.36. The predicted octanol–water partition coefficient (Wildman–Crippen LogP) is 3.00. The lowest BCUT2D eigenvalue weighted by atomic mass is 9.69. The van der Waals surface area contributed by atoms with Crippen LogP contribution in [0.4, 0.5) is 10.5 Å². The quantitative estimate of drug-likeness (QED) is 0.372. The van der Waals surface area contributed by atoms with Crippen molar-refractivity contribution in [3.8, 4) is 6.07 Å². The first kappa shape index (κ1) is 24.1. The number of nitrogens with one attached hydrogen (secondary N) is 2. The van der Waals surface area contributed by atoms with Gasteiger partial charge in [-0.05, 0) is 31.5 Å². The molecule has 0 saturated carbocycles. The molecule has 0 aliphatic rings. The number of ether oxygens (including phenoxy) is 2. The zero-order valence-electron chi connectivity index (χ0n) is 18.0. The third-order valence-electron chi connectivity index (χ3n) is 4.66. The molecule has 0 spiro atoms. The summed E-state index contributed by atoms with van der Waals surface area (Å²) in [5.41, 5.74) is 0.956. The second kappa shape index (κ2) is 11.3. The Morgan fingerprint density at radius 1 is 1.09 bits per heavy atom. The highest BCUT2D eigenvalue weighted by atomic mass is 16.5. The first-order valence-corrected chi connectivity index (χ1v) is 9.78. The fourth-order valence-electron chi connectivity index (χ4n) is 3.19. The minimum atomic E-state index is -2.07. The summed E-state index contributed by atoms with van der Waals surface area (Å²) in [4.78, 5) is 38.0. The number of nitrogens with zero attached hydrogens (tertiary/aromatic N) is 2. The van der Waals surface area contributed by atoms with Crippen molar-refractivity contribution in [3.63, 3.8) is 0 Å². The molecule has 2 N–H and O–H groups in total. The molecule has 0 saturated heterocycles. The van der Waals surface area contributed by atoms with Crippen LogP contribution in [0.15, 0.2) is 65.8 Å². The lowest BCUT2D eigenvalue weighted by Gasteiger charge is -2.31. The van der Waals surface area contributed by atoms with Gasteiger partial charge in [-0.15, -0.1) is 0 Å². The number of hydrogen-bond donors (Lipinski definition) is 2. The van der Waals surface area contributed by atoms with Gasteiger partial charge in [0.1, 0.15) is 5.92 Å². The van der Waals surface area contributed by atoms with Crippen molar-refractivity contribution in [2.24, 2.45) is 11.0 Å². The van der Waals surface area contributed by atoms with Crippen LogP contribution in [0.2, 0.25) is 0 Å². The van der Waals surface area contributed by atoms with E-state index in [0.717, 1.165) is 7.11 Å². The molecule has 32 heavy (non-hydrogen) atoms. The van der Waals surface area contributed by atoms with Gasteiger partial charge in [0.15, 0.2) is 5.41 Å². The molecular formula is C23H24N4O5. The van der Waals surface area contributed by atoms with Crippen LogP contribution in [-0.2, 0) is 24.5 Å². The van der Waals surface area contributed by atoms with E-state index in [4.69, 9.17) is 9.47 Å². The molecule has 0 bridgehead atoms. The van der Waals surface area contributed by atoms with Crippen molar-refractivity contribution in [1.29, 1.82) is 5.26 Å². The first-order valence-electron chi connectivity index (χ1n) is 9.78. The summed E-state index contributed by atoms with van der Waals surface area (Å²) in [5, 5.41) is 16.7. The second-order valence-electron chi connectivity index (χ2n) is 6.65. The van der Waals surface area contributed by atoms with E-state index in [1.54, 1.807) is 67.6 Å². The molecular weight excluding hydrogens is 412 g/mol. The van der Waals surface area contributed by atoms with Gasteiger partial charge in [-0.2, -0.15) is 10.4 Å². The Hall–Kier alpha value is -4.19. The molecule has 2 amide bonds. The fraction of sp³-hybridized carbons (Fsp3) is 0.261. The van der Waals surface area contributed by atoms with Crippen LogP contribution in [0.3, 0.4) is 0 Å². The standard InChI is InChI=1S/C23H24N4O5/c1-4-32-21(29)23(15-24,17-11-7-5-8-12-17)19(20(28)31-3)16(2)26-27-22(30)25-18-13-9-6-10-14-18/h5-14,19H,4H2,1-3H3,(H2,25,27,30)/b26-16+. The number of esters is 2. The number of hydrazone groups is 1. The predicted molar refractivity (Wildman–Crippen MR) is 118 cm³/mol. The van der Waals surface area contributed by atoms with E-state index in [0.29, 0.717) is 5.69 Å². The van der Waals surface area contributed by atoms with Gasteiger partial charge in [0.05, 0.1) is 25.5 Å². The highest BCUT2D eigenvalue weighted by Gasteiger charge is 2.55. The average Bonchev–Trinajstić information content (AvgIpc) is 2.82. The summed E-state index contributed by atoms with van der Waals surface area (Å²) in [5.74, 6) is -3.28. The molecule has 9 nitrogen and oxygen atoms in total. The number of rotatable bonds is 8. The zero-order valence-corrected chi connectivity index (χ0v) is 18.0. The van der Waals surface area contributed by atoms with Crippen LogP contribution in [0, 0.1) is 17.2 Å². The van der Waals surface area contributed by atoms with Crippen LogP contribution in [0.25, 0.3) is 0 Å². The lowest BCUT2D eigenvalue weighted by molar-refractivity contribution is -0.156. The number of hydrogen-bond acceptors (Lipinski definition) is 7. The van der Waals surface area contributed by atoms with Crippen LogP contribution >= 0.6 is 0 Å². The molecule has 9 heteroatoms. The van der Waals surface area contributed by atoms with E-state index in [1.807, 2.05) is 6.07 Å². The van der Waals surface area contributed by atoms with Crippen molar-refractivity contribution in [2.45, 2.75) is 19.3 Å². The van der Waals surface area contributed by atoms with E-state index < -0.39 is 29.3 Å². The molecule has 2 atom stereocenters. The van der Waals surface area contributed by atoms with Gasteiger partial charge in [-0.3, -0.25) is 4.79 Å². The summed E-state index contributed by atoms with van der Waals surface area (Å²) >= 11 is 0. The Labute approximate surface area is 186 Å². The highest BCUT2D eigenvalue weighted by molar-refractivity contribution is 6.09. The topological polar surface area (TPSA) is 130 Å². The van der Waals surface area contributed by atoms with Crippen LogP contribution in [0.5, 0.6) is 0 Å². The Morgan fingerprint density at radius 2 is 1.69 bits per heavy atom. The van der Waals surface area contributed by atoms with Gasteiger partial charge >= 0.3 is 18.0 Å². The number of carbonyl (C=O) groups is 3. The molecule has 2 aromatic carbocycles. The van der Waals surface area contributed by atoms with Gasteiger partial charge in [-0.25, -0.2) is 15.0 Å². The normalized spacial score (nSPS) is 13.6. The SMILES string of the molecule is CCOC(=O)C(C#N)(c1ccccc1)C(C(=O)OC)/C(C)=N/NC(=O)Nc1ccccc1. The second-order valence-corrected chi connectivity index (χ2v) is 6.65. The molecule has 2 rings (SSSR count). The maximum Gasteiger partial charge on any atom is 0.339 e. The molecule has 0 aliphatic carbocycles. The maximum absolute atomic E-state index is 13.0. The first-order chi connectivity index (χ1) is 15.4. The van der Waals surface area contributed by atoms with Crippen molar-refractivity contribution in [3.05, 3.63) is 66.2 Å². The number of methoxy groups -OCH3 is 1. The Kier molecular flexibility index (Phi) is 8.48. The molecule has 0 heterocycles. The number of para-hydroxylation sites is 1. The number of nitriles is 1. The van der Waals surface area contributed by atoms with Gasteiger partial charge in [0.25, 0.3) is 0 Å². The zero-order chi connectivity index (χ0) is 23.6. The molecule has 0 aromatic heterocycles. The van der Waals surface area contributed by atoms with Crippen molar-refractivity contribution < 1.29 is 23.9 Å². The van der Waals surface area contributed by atoms with Crippen LogP contribution in [0.1, 0.15) is 19.4 Å². The van der Waals surface area contributed by atoms with E-state index >= 15 is 0 Å². The Bertz CT molecular complexity index is 1020. The smallest absolute Gasteiger partial charge is 0.339 e. The maximum atomic E-state index is 13.0. The van der Waals surface area contributed by atoms with Gasteiger partial charge in [0, 0.05) is 5.69 Å². The summed E-state index contributed by atoms with van der Waals surface area (Å²) in [6.07, 6.45) is 0. The Balaban J connectivity index is 2.46. The number of carbonyl (C=O) groups excluding carboxylic acids is 3. The average molecular weight is 436 g/mol. The van der Waals surface area contributed by atoms with Crippen molar-refractivity contribution in [1.82, 2.24) is 5.43 Å². The largest absolute Gasteiger partial charge is 0.468 e. The minimum Gasteiger partial charge on any atom is -0.468 e. The van der Waals surface area contributed by atoms with Crippen molar-refractivity contribution >= 4 is 29.4 Å². The summed E-state index contributed by atoms with van der Waals surface area (Å²) in [6, 6.07) is 18.0. The molecule has 0 radical (unpaired) electrons. The molecule has 2 unspecified atom stereocenters. The molecule has 0 fully saturated rings. The lowest BCUT2D eigenvalue weighted by Crippen LogP contribution is -2.50. The summed E-state index contributed by atoms with van der Waals surface area (Å²) < 4.78 is 10.0. The van der Waals surface area contributed by atoms with Crippen LogP contribution < -0.4 is 10.7 Å². The van der Waals surface area contributed by atoms with E-state index in [9.17, 15) is 19.6 Å². The van der Waals surface area contributed by atoms with Gasteiger partial charge < -0.3 is 14.8 Å².